The van der Waals surface area contributed by atoms with Gasteiger partial charge in [-0.05, 0) is 41.5 Å². The third-order valence-electron chi connectivity index (χ3n) is 4.77. The number of hydrogen-bond acceptors (Lipinski definition) is 2. The van der Waals surface area contributed by atoms with Crippen LogP contribution in [0.1, 0.15) is 36.0 Å². The van der Waals surface area contributed by atoms with Gasteiger partial charge in [0.05, 0.1) is 0 Å². The maximum absolute atomic E-state index is 6.33. The molecule has 2 nitrogen and oxygen atoms in total. The molecule has 2 aromatic rings. The molecule has 2 aromatic carbocycles. The first-order valence-electron chi connectivity index (χ1n) is 8.46. The number of likely N-dealkylation sites (tertiary alicyclic amines) is 1. The lowest BCUT2D eigenvalue weighted by Crippen LogP contribution is -2.45. The Morgan fingerprint density at radius 2 is 1.83 bits per heavy atom. The summed E-state index contributed by atoms with van der Waals surface area (Å²) >= 11 is 6.31. The maximum atomic E-state index is 6.33. The lowest BCUT2D eigenvalue weighted by molar-refractivity contribution is 0.181. The third-order valence-corrected chi connectivity index (χ3v) is 5.14. The Balaban J connectivity index is 1.72. The van der Waals surface area contributed by atoms with E-state index < -0.39 is 0 Å². The molecule has 0 aromatic heterocycles. The van der Waals surface area contributed by atoms with Crippen molar-refractivity contribution < 1.29 is 0 Å². The Morgan fingerprint density at radius 1 is 1.09 bits per heavy atom. The quantitative estimate of drug-likeness (QED) is 0.910. The molecule has 0 radical (unpaired) electrons. The van der Waals surface area contributed by atoms with Crippen molar-refractivity contribution in [3.63, 3.8) is 0 Å². The van der Waals surface area contributed by atoms with E-state index in [1.54, 1.807) is 0 Å². The SMILES string of the molecule is CCc1ccc(C2CC(N)CN(Cc3ccccc3Cl)C2)cc1. The molecule has 3 heteroatoms. The second-order valence-electron chi connectivity index (χ2n) is 6.57. The van der Waals surface area contributed by atoms with Crippen molar-refractivity contribution in [1.29, 1.82) is 0 Å². The second-order valence-corrected chi connectivity index (χ2v) is 6.98. The number of rotatable bonds is 4. The minimum Gasteiger partial charge on any atom is -0.327 e. The largest absolute Gasteiger partial charge is 0.327 e. The highest BCUT2D eigenvalue weighted by molar-refractivity contribution is 6.31. The van der Waals surface area contributed by atoms with Crippen molar-refractivity contribution in [3.05, 3.63) is 70.2 Å². The summed E-state index contributed by atoms with van der Waals surface area (Å²) in [5, 5.41) is 0.843. The normalized spacial score (nSPS) is 22.2. The van der Waals surface area contributed by atoms with E-state index in [9.17, 15) is 0 Å². The van der Waals surface area contributed by atoms with Crippen molar-refractivity contribution in [1.82, 2.24) is 4.90 Å². The molecule has 1 fully saturated rings. The van der Waals surface area contributed by atoms with Crippen molar-refractivity contribution >= 4 is 11.6 Å². The molecule has 1 aliphatic heterocycles. The summed E-state index contributed by atoms with van der Waals surface area (Å²) in [7, 11) is 0. The van der Waals surface area contributed by atoms with Crippen LogP contribution in [0.15, 0.2) is 48.5 Å². The molecule has 0 bridgehead atoms. The number of halogens is 1. The Hall–Kier alpha value is -1.35. The predicted octanol–water partition coefficient (Wildman–Crippen LogP) is 4.22. The van der Waals surface area contributed by atoms with Gasteiger partial charge >= 0.3 is 0 Å². The summed E-state index contributed by atoms with van der Waals surface area (Å²) in [6.45, 7) is 5.05. The smallest absolute Gasteiger partial charge is 0.0451 e. The zero-order valence-electron chi connectivity index (χ0n) is 13.7. The highest BCUT2D eigenvalue weighted by Crippen LogP contribution is 2.28. The van der Waals surface area contributed by atoms with Gasteiger partial charge in [-0.15, -0.1) is 0 Å². The number of benzene rings is 2. The van der Waals surface area contributed by atoms with Crippen LogP contribution >= 0.6 is 11.6 Å². The predicted molar refractivity (Wildman–Crippen MR) is 97.9 cm³/mol. The van der Waals surface area contributed by atoms with Crippen LogP contribution in [-0.4, -0.2) is 24.0 Å². The van der Waals surface area contributed by atoms with Crippen LogP contribution < -0.4 is 5.73 Å². The summed E-state index contributed by atoms with van der Waals surface area (Å²) in [5.41, 5.74) is 10.3. The fraction of sp³-hybridized carbons (Fsp3) is 0.400. The van der Waals surface area contributed by atoms with E-state index in [1.807, 2.05) is 18.2 Å². The van der Waals surface area contributed by atoms with E-state index in [1.165, 1.54) is 16.7 Å². The van der Waals surface area contributed by atoms with Crippen molar-refractivity contribution in [2.45, 2.75) is 38.3 Å². The zero-order chi connectivity index (χ0) is 16.2. The van der Waals surface area contributed by atoms with Crippen LogP contribution in [0.2, 0.25) is 5.02 Å². The average Bonchev–Trinajstić information content (AvgIpc) is 2.56. The number of aryl methyl sites for hydroxylation is 1. The maximum Gasteiger partial charge on any atom is 0.0451 e. The molecular weight excluding hydrogens is 304 g/mol. The van der Waals surface area contributed by atoms with E-state index in [2.05, 4.69) is 42.2 Å². The van der Waals surface area contributed by atoms with E-state index in [4.69, 9.17) is 17.3 Å². The first-order valence-corrected chi connectivity index (χ1v) is 8.83. The van der Waals surface area contributed by atoms with Gasteiger partial charge in [0.2, 0.25) is 0 Å². The summed E-state index contributed by atoms with van der Waals surface area (Å²) < 4.78 is 0. The van der Waals surface area contributed by atoms with E-state index in [0.29, 0.717) is 5.92 Å². The van der Waals surface area contributed by atoms with E-state index in [-0.39, 0.29) is 6.04 Å². The van der Waals surface area contributed by atoms with Crippen LogP contribution in [0.4, 0.5) is 0 Å². The Morgan fingerprint density at radius 3 is 2.52 bits per heavy atom. The van der Waals surface area contributed by atoms with Gasteiger partial charge in [0, 0.05) is 30.7 Å². The fourth-order valence-electron chi connectivity index (χ4n) is 3.50. The standard InChI is InChI=1S/C20H25ClN2/c1-2-15-7-9-16(10-8-15)18-11-19(22)14-23(13-18)12-17-5-3-4-6-20(17)21/h3-10,18-19H,2,11-14,22H2,1H3. The van der Waals surface area contributed by atoms with Crippen LogP contribution in [0.3, 0.4) is 0 Å². The minimum atomic E-state index is 0.224. The minimum absolute atomic E-state index is 0.224. The summed E-state index contributed by atoms with van der Waals surface area (Å²) in [5.74, 6) is 0.507. The number of piperidine rings is 1. The van der Waals surface area contributed by atoms with Gasteiger partial charge in [0.25, 0.3) is 0 Å². The Kier molecular flexibility index (Phi) is 5.37. The zero-order valence-corrected chi connectivity index (χ0v) is 14.5. The average molecular weight is 329 g/mol. The molecular formula is C20H25ClN2. The molecule has 0 aliphatic carbocycles. The summed E-state index contributed by atoms with van der Waals surface area (Å²) in [4.78, 5) is 2.44. The van der Waals surface area contributed by atoms with Crippen LogP contribution in [-0.2, 0) is 13.0 Å². The van der Waals surface area contributed by atoms with Gasteiger partial charge in [-0.1, -0.05) is 61.0 Å². The molecule has 0 spiro atoms. The van der Waals surface area contributed by atoms with Gasteiger partial charge in [-0.2, -0.15) is 0 Å². The second kappa shape index (κ2) is 7.48. The summed E-state index contributed by atoms with van der Waals surface area (Å²) in [6.07, 6.45) is 2.15. The van der Waals surface area contributed by atoms with Gasteiger partial charge in [0.1, 0.15) is 0 Å². The Bertz CT molecular complexity index is 638. The van der Waals surface area contributed by atoms with Crippen LogP contribution in [0, 0.1) is 0 Å². The van der Waals surface area contributed by atoms with Gasteiger partial charge in [-0.25, -0.2) is 0 Å². The molecule has 1 heterocycles. The number of nitrogens with two attached hydrogens (primary N) is 1. The fourth-order valence-corrected chi connectivity index (χ4v) is 3.69. The molecule has 0 amide bonds. The lowest BCUT2D eigenvalue weighted by Gasteiger charge is -2.36. The molecule has 2 unspecified atom stereocenters. The highest BCUT2D eigenvalue weighted by Gasteiger charge is 2.26. The third kappa shape index (κ3) is 4.14. The molecule has 1 aliphatic rings. The number of hydrogen-bond donors (Lipinski definition) is 1. The molecule has 1 saturated heterocycles. The van der Waals surface area contributed by atoms with Gasteiger partial charge in [0.15, 0.2) is 0 Å². The molecule has 2 atom stereocenters. The van der Waals surface area contributed by atoms with Crippen molar-refractivity contribution in [2.24, 2.45) is 5.73 Å². The molecule has 23 heavy (non-hydrogen) atoms. The first-order chi connectivity index (χ1) is 11.2. The van der Waals surface area contributed by atoms with Crippen LogP contribution in [0.5, 0.6) is 0 Å². The van der Waals surface area contributed by atoms with Crippen molar-refractivity contribution in [3.8, 4) is 0 Å². The molecule has 2 N–H and O–H groups in total. The topological polar surface area (TPSA) is 29.3 Å². The molecule has 122 valence electrons. The van der Waals surface area contributed by atoms with E-state index in [0.717, 1.165) is 37.5 Å². The Labute approximate surface area is 144 Å². The monoisotopic (exact) mass is 328 g/mol. The lowest BCUT2D eigenvalue weighted by atomic mass is 9.87. The number of nitrogens with zero attached hydrogens (tertiary/aromatic N) is 1. The summed E-state index contributed by atoms with van der Waals surface area (Å²) in [6, 6.07) is 17.3. The highest BCUT2D eigenvalue weighted by atomic mass is 35.5. The van der Waals surface area contributed by atoms with E-state index >= 15 is 0 Å². The first kappa shape index (κ1) is 16.5. The van der Waals surface area contributed by atoms with Crippen LogP contribution in [0.25, 0.3) is 0 Å². The van der Waals surface area contributed by atoms with Gasteiger partial charge in [-0.3, -0.25) is 4.90 Å². The van der Waals surface area contributed by atoms with Gasteiger partial charge < -0.3 is 5.73 Å². The molecule has 0 saturated carbocycles. The van der Waals surface area contributed by atoms with Crippen molar-refractivity contribution in [2.75, 3.05) is 13.1 Å². The molecule has 3 rings (SSSR count).